The summed E-state index contributed by atoms with van der Waals surface area (Å²) in [5.41, 5.74) is 3.05. The summed E-state index contributed by atoms with van der Waals surface area (Å²) in [6, 6.07) is 27.8. The van der Waals surface area contributed by atoms with Crippen LogP contribution in [0.1, 0.15) is 51.4 Å². The Morgan fingerprint density at radius 2 is 1.41 bits per heavy atom. The standard InChI is InChI=1S/C36H34Cl2F3NO4/c1-23(27-4-3-5-28(21-27)35(44)45)32(34(43)36(39,40)41)20-24-6-16-31(17-7-24)46-19-18-42(2)22-33(25-8-12-29(37)13-9-25)26-10-14-30(38)15-11-26/h3-17,21,23,32-33H,18-20,22H2,1-2H3,(H,44,45). The van der Waals surface area contributed by atoms with Gasteiger partial charge in [0.25, 0.3) is 0 Å². The highest BCUT2D eigenvalue weighted by atomic mass is 35.5. The molecule has 46 heavy (non-hydrogen) atoms. The lowest BCUT2D eigenvalue weighted by Crippen LogP contribution is -2.34. The van der Waals surface area contributed by atoms with E-state index in [0.29, 0.717) is 46.6 Å². The van der Waals surface area contributed by atoms with Crippen LogP contribution in [0.3, 0.4) is 0 Å². The molecule has 0 spiro atoms. The number of halogens is 5. The van der Waals surface area contributed by atoms with Gasteiger partial charge < -0.3 is 14.7 Å². The first-order valence-corrected chi connectivity index (χ1v) is 15.4. The zero-order valence-corrected chi connectivity index (χ0v) is 26.8. The molecule has 0 amide bonds. The average molecular weight is 673 g/mol. The minimum absolute atomic E-state index is 0.0554. The Balaban J connectivity index is 1.39. The second-order valence-corrected chi connectivity index (χ2v) is 12.2. The fourth-order valence-electron chi connectivity index (χ4n) is 5.39. The van der Waals surface area contributed by atoms with Gasteiger partial charge in [0.05, 0.1) is 5.56 Å². The maximum Gasteiger partial charge on any atom is 0.450 e. The third-order valence-corrected chi connectivity index (χ3v) is 8.54. The molecule has 2 unspecified atom stereocenters. The molecule has 0 aromatic heterocycles. The largest absolute Gasteiger partial charge is 0.492 e. The number of nitrogens with zero attached hydrogens (tertiary/aromatic N) is 1. The SMILES string of the molecule is CC(c1cccc(C(=O)O)c1)C(Cc1ccc(OCCN(C)CC(c2ccc(Cl)cc2)c2ccc(Cl)cc2)cc1)C(=O)C(F)(F)F. The van der Waals surface area contributed by atoms with Gasteiger partial charge in [0, 0.05) is 35.0 Å². The van der Waals surface area contributed by atoms with E-state index in [1.54, 1.807) is 24.3 Å². The van der Waals surface area contributed by atoms with Gasteiger partial charge in [0.1, 0.15) is 12.4 Å². The minimum atomic E-state index is -5.03. The molecule has 5 nitrogen and oxygen atoms in total. The van der Waals surface area contributed by atoms with Gasteiger partial charge in [-0.3, -0.25) is 4.79 Å². The predicted molar refractivity (Wildman–Crippen MR) is 174 cm³/mol. The summed E-state index contributed by atoms with van der Waals surface area (Å²) >= 11 is 12.2. The fourth-order valence-corrected chi connectivity index (χ4v) is 5.64. The summed E-state index contributed by atoms with van der Waals surface area (Å²) in [7, 11) is 2.00. The summed E-state index contributed by atoms with van der Waals surface area (Å²) in [5.74, 6) is -4.73. The Morgan fingerprint density at radius 1 is 0.848 bits per heavy atom. The second kappa shape index (κ2) is 15.6. The maximum absolute atomic E-state index is 13.6. The van der Waals surface area contributed by atoms with Crippen LogP contribution in [0.4, 0.5) is 13.2 Å². The lowest BCUT2D eigenvalue weighted by Gasteiger charge is -2.25. The summed E-state index contributed by atoms with van der Waals surface area (Å²) in [6.45, 7) is 3.19. The Morgan fingerprint density at radius 3 is 1.93 bits per heavy atom. The topological polar surface area (TPSA) is 66.8 Å². The zero-order valence-electron chi connectivity index (χ0n) is 25.3. The van der Waals surface area contributed by atoms with E-state index in [0.717, 1.165) is 11.1 Å². The molecule has 0 radical (unpaired) electrons. The van der Waals surface area contributed by atoms with Gasteiger partial charge in [-0.2, -0.15) is 13.2 Å². The van der Waals surface area contributed by atoms with E-state index in [1.807, 2.05) is 55.6 Å². The number of hydrogen-bond acceptors (Lipinski definition) is 4. The van der Waals surface area contributed by atoms with Gasteiger partial charge in [-0.25, -0.2) is 4.79 Å². The number of hydrogen-bond donors (Lipinski definition) is 1. The first-order valence-electron chi connectivity index (χ1n) is 14.7. The van der Waals surface area contributed by atoms with Crippen LogP contribution in [-0.2, 0) is 11.2 Å². The van der Waals surface area contributed by atoms with Crippen molar-refractivity contribution in [2.24, 2.45) is 5.92 Å². The van der Waals surface area contributed by atoms with Crippen molar-refractivity contribution in [1.82, 2.24) is 4.90 Å². The van der Waals surface area contributed by atoms with Crippen molar-refractivity contribution in [3.63, 3.8) is 0 Å². The molecule has 0 aliphatic carbocycles. The zero-order chi connectivity index (χ0) is 33.4. The highest BCUT2D eigenvalue weighted by Gasteiger charge is 2.45. The molecule has 0 fully saturated rings. The number of alkyl halides is 3. The molecular formula is C36H34Cl2F3NO4. The normalized spacial score (nSPS) is 13.1. The van der Waals surface area contributed by atoms with Crippen molar-refractivity contribution in [3.8, 4) is 5.75 Å². The van der Waals surface area contributed by atoms with Gasteiger partial charge >= 0.3 is 12.1 Å². The molecule has 0 bridgehead atoms. The third-order valence-electron chi connectivity index (χ3n) is 8.04. The van der Waals surface area contributed by atoms with E-state index >= 15 is 0 Å². The first kappa shape index (κ1) is 35.0. The quantitative estimate of drug-likeness (QED) is 0.145. The number of carboxylic acid groups (broad SMARTS) is 1. The second-order valence-electron chi connectivity index (χ2n) is 11.3. The van der Waals surface area contributed by atoms with E-state index in [1.165, 1.54) is 31.2 Å². The third kappa shape index (κ3) is 9.58. The van der Waals surface area contributed by atoms with Crippen molar-refractivity contribution in [2.45, 2.75) is 31.4 Å². The molecule has 0 aliphatic rings. The molecule has 0 saturated heterocycles. The van der Waals surface area contributed by atoms with Crippen molar-refractivity contribution in [3.05, 3.63) is 135 Å². The highest BCUT2D eigenvalue weighted by Crippen LogP contribution is 2.34. The van der Waals surface area contributed by atoms with Crippen LogP contribution < -0.4 is 4.74 Å². The summed E-state index contributed by atoms with van der Waals surface area (Å²) in [4.78, 5) is 26.0. The minimum Gasteiger partial charge on any atom is -0.492 e. The van der Waals surface area contributed by atoms with Gasteiger partial charge in [-0.1, -0.05) is 78.7 Å². The Kier molecular flexibility index (Phi) is 11.9. The number of carbonyl (C=O) groups is 2. The number of Topliss-reactive ketones (excluding diaryl/α,β-unsaturated/α-hetero) is 1. The molecule has 10 heteroatoms. The molecule has 4 rings (SSSR count). The van der Waals surface area contributed by atoms with Gasteiger partial charge in [0.15, 0.2) is 0 Å². The lowest BCUT2D eigenvalue weighted by molar-refractivity contribution is -0.176. The molecule has 2 atom stereocenters. The van der Waals surface area contributed by atoms with Crippen LogP contribution >= 0.6 is 23.2 Å². The van der Waals surface area contributed by atoms with Crippen LogP contribution in [0.25, 0.3) is 0 Å². The Labute approximate surface area is 276 Å². The van der Waals surface area contributed by atoms with Crippen LogP contribution in [0.2, 0.25) is 10.0 Å². The van der Waals surface area contributed by atoms with Gasteiger partial charge in [0.2, 0.25) is 5.78 Å². The fraction of sp³-hybridized carbons (Fsp3) is 0.278. The van der Waals surface area contributed by atoms with Gasteiger partial charge in [-0.05, 0) is 90.2 Å². The summed E-state index contributed by atoms with van der Waals surface area (Å²) < 4.78 is 46.7. The van der Waals surface area contributed by atoms with E-state index in [9.17, 15) is 27.9 Å². The van der Waals surface area contributed by atoms with Crippen molar-refractivity contribution < 1.29 is 32.6 Å². The number of likely N-dealkylation sites (N-methyl/N-ethyl adjacent to an activating group) is 1. The van der Waals surface area contributed by atoms with Crippen molar-refractivity contribution >= 4 is 35.0 Å². The number of carboxylic acids is 1. The van der Waals surface area contributed by atoms with E-state index in [4.69, 9.17) is 27.9 Å². The molecule has 0 heterocycles. The van der Waals surface area contributed by atoms with Crippen molar-refractivity contribution in [1.29, 1.82) is 0 Å². The number of ether oxygens (including phenoxy) is 1. The maximum atomic E-state index is 13.6. The number of rotatable bonds is 14. The van der Waals surface area contributed by atoms with Crippen LogP contribution in [-0.4, -0.2) is 54.7 Å². The number of aromatic carboxylic acids is 1. The van der Waals surface area contributed by atoms with Crippen LogP contribution in [0, 0.1) is 5.92 Å². The molecule has 4 aromatic rings. The lowest BCUT2D eigenvalue weighted by atomic mass is 9.80. The first-order chi connectivity index (χ1) is 21.8. The van der Waals surface area contributed by atoms with E-state index in [2.05, 4.69) is 4.90 Å². The Hall–Kier alpha value is -3.85. The van der Waals surface area contributed by atoms with E-state index < -0.39 is 29.8 Å². The molecule has 0 saturated carbocycles. The highest BCUT2D eigenvalue weighted by molar-refractivity contribution is 6.30. The number of benzene rings is 4. The summed E-state index contributed by atoms with van der Waals surface area (Å²) in [5, 5.41) is 10.6. The molecule has 0 aliphatic heterocycles. The number of carbonyl (C=O) groups excluding carboxylic acids is 1. The molecule has 4 aromatic carbocycles. The van der Waals surface area contributed by atoms with E-state index in [-0.39, 0.29) is 17.9 Å². The molecular weight excluding hydrogens is 638 g/mol. The average Bonchev–Trinajstić information content (AvgIpc) is 3.03. The van der Waals surface area contributed by atoms with Crippen molar-refractivity contribution in [2.75, 3.05) is 26.7 Å². The Bertz CT molecular complexity index is 1570. The summed E-state index contributed by atoms with van der Waals surface area (Å²) in [6.07, 6.45) is -5.20. The van der Waals surface area contributed by atoms with Crippen LogP contribution in [0.15, 0.2) is 97.1 Å². The number of ketones is 1. The van der Waals surface area contributed by atoms with Crippen LogP contribution in [0.5, 0.6) is 5.75 Å². The monoisotopic (exact) mass is 671 g/mol. The molecule has 242 valence electrons. The smallest absolute Gasteiger partial charge is 0.450 e. The molecule has 1 N–H and O–H groups in total. The predicted octanol–water partition coefficient (Wildman–Crippen LogP) is 8.93. The van der Waals surface area contributed by atoms with Gasteiger partial charge in [-0.15, -0.1) is 0 Å².